The molecule has 12 N–H and O–H groups in total. The second-order valence-corrected chi connectivity index (χ2v) is 18.9. The number of aryl methyl sites for hydroxylation is 8. The third-order valence-electron chi connectivity index (χ3n) is 10.3. The van der Waals surface area contributed by atoms with Gasteiger partial charge in [0.1, 0.15) is 20.2 Å². The SMILES string of the molecule is NC(N)=[NH2+].NC(N)=[NH2+].O=S(=O)([O-])c1ccc(CCc2ccc(S(=O)(=O)[O-])cc2)cc1.c1ccc(CCc2ccccc2)cc1.c1ccc(CCc2ccccc2)cc1.c1ccc(CCc2ccccc2)cc1. The molecule has 0 aliphatic carbocycles. The second kappa shape index (κ2) is 32.8. The number of hydrogen-bond acceptors (Lipinski definition) is 6. The fourth-order valence-electron chi connectivity index (χ4n) is 6.67. The third-order valence-corrected chi connectivity index (χ3v) is 12.0. The first-order chi connectivity index (χ1) is 34.5. The molecule has 0 atom stereocenters. The van der Waals surface area contributed by atoms with Crippen LogP contribution in [0.2, 0.25) is 0 Å². The van der Waals surface area contributed by atoms with Crippen LogP contribution < -0.4 is 33.8 Å². The summed E-state index contributed by atoms with van der Waals surface area (Å²) in [6.45, 7) is 0. The molecular formula is C58H66N6O6S2. The monoisotopic (exact) mass is 1010 g/mol. The Bertz CT molecular complexity index is 2540. The number of nitrogens with two attached hydrogens (primary N) is 6. The minimum atomic E-state index is -4.44. The predicted molar refractivity (Wildman–Crippen MR) is 288 cm³/mol. The van der Waals surface area contributed by atoms with Crippen molar-refractivity contribution in [2.24, 2.45) is 22.9 Å². The molecule has 8 aromatic carbocycles. The Kier molecular flexibility index (Phi) is 26.7. The first-order valence-corrected chi connectivity index (χ1v) is 25.9. The molecule has 72 heavy (non-hydrogen) atoms. The molecule has 0 heterocycles. The molecule has 0 aromatic heterocycles. The standard InChI is InChI=1S/C14H14O6S2.3C14H14.2CH5N3/c15-21(16,17)13-7-3-11(4-8-13)1-2-12-5-9-14(10-6-12)22(18,19)20;3*1-3-7-13(8-4-1)11-12-14-9-5-2-6-10-14;2*2-1(3)4/h3-10H,1-2H2,(H,15,16,17)(H,18,19,20);3*1-10H,11-12H2;2*(H5,2,3,4). The van der Waals surface area contributed by atoms with Crippen molar-refractivity contribution in [2.45, 2.75) is 61.2 Å². The number of rotatable bonds is 14. The van der Waals surface area contributed by atoms with Crippen molar-refractivity contribution in [1.29, 1.82) is 0 Å². The van der Waals surface area contributed by atoms with E-state index in [1.807, 2.05) is 0 Å². The summed E-state index contributed by atoms with van der Waals surface area (Å²) < 4.78 is 64.8. The van der Waals surface area contributed by atoms with Gasteiger partial charge in [0.15, 0.2) is 0 Å². The third kappa shape index (κ3) is 27.3. The lowest BCUT2D eigenvalue weighted by atomic mass is 10.0. The topological polar surface area (TPSA) is 270 Å². The van der Waals surface area contributed by atoms with Crippen LogP contribution in [0.4, 0.5) is 0 Å². The summed E-state index contributed by atoms with van der Waals surface area (Å²) in [6.07, 6.45) is 7.95. The van der Waals surface area contributed by atoms with Crippen molar-refractivity contribution in [3.63, 3.8) is 0 Å². The van der Waals surface area contributed by atoms with E-state index in [9.17, 15) is 25.9 Å². The Hall–Kier alpha value is -7.88. The molecule has 0 saturated carbocycles. The summed E-state index contributed by atoms with van der Waals surface area (Å²) in [4.78, 5) is -0.553. The summed E-state index contributed by atoms with van der Waals surface area (Å²) in [5.41, 5.74) is 28.5. The van der Waals surface area contributed by atoms with Gasteiger partial charge < -0.3 is 9.11 Å². The van der Waals surface area contributed by atoms with Crippen LogP contribution in [0.1, 0.15) is 44.5 Å². The highest BCUT2D eigenvalue weighted by Gasteiger charge is 2.04. The van der Waals surface area contributed by atoms with Gasteiger partial charge in [-0.1, -0.05) is 206 Å². The van der Waals surface area contributed by atoms with Crippen LogP contribution in [0, 0.1) is 0 Å². The van der Waals surface area contributed by atoms with Crippen LogP contribution in [0.3, 0.4) is 0 Å². The summed E-state index contributed by atoms with van der Waals surface area (Å²) in [7, 11) is -8.88. The van der Waals surface area contributed by atoms with E-state index >= 15 is 0 Å². The minimum absolute atomic E-state index is 0.0833. The Labute approximate surface area is 425 Å². The van der Waals surface area contributed by atoms with E-state index in [1.54, 1.807) is 24.3 Å². The van der Waals surface area contributed by atoms with Gasteiger partial charge in [0.05, 0.1) is 9.79 Å². The predicted octanol–water partition coefficient (Wildman–Crippen LogP) is 5.73. The van der Waals surface area contributed by atoms with Gasteiger partial charge in [-0.15, -0.1) is 0 Å². The molecule has 376 valence electrons. The van der Waals surface area contributed by atoms with Crippen molar-refractivity contribution in [1.82, 2.24) is 0 Å². The van der Waals surface area contributed by atoms with E-state index in [4.69, 9.17) is 0 Å². The quantitative estimate of drug-likeness (QED) is 0.0437. The van der Waals surface area contributed by atoms with E-state index in [0.717, 1.165) is 49.7 Å². The van der Waals surface area contributed by atoms with Crippen molar-refractivity contribution in [3.05, 3.63) is 275 Å². The van der Waals surface area contributed by atoms with Gasteiger partial charge in [0.2, 0.25) is 0 Å². The van der Waals surface area contributed by atoms with Crippen LogP contribution in [-0.4, -0.2) is 37.9 Å². The van der Waals surface area contributed by atoms with Gasteiger partial charge in [-0.3, -0.25) is 33.8 Å². The van der Waals surface area contributed by atoms with Crippen LogP contribution >= 0.6 is 0 Å². The Balaban J connectivity index is 0.000000245. The zero-order chi connectivity index (χ0) is 52.5. The van der Waals surface area contributed by atoms with E-state index in [-0.39, 0.29) is 21.7 Å². The zero-order valence-corrected chi connectivity index (χ0v) is 42.0. The molecule has 0 spiro atoms. The highest BCUT2D eigenvalue weighted by molar-refractivity contribution is 7.86. The molecule has 0 saturated heterocycles. The normalized spacial score (nSPS) is 10.2. The Morgan fingerprint density at radius 1 is 0.278 bits per heavy atom. The van der Waals surface area contributed by atoms with Crippen LogP contribution in [0.15, 0.2) is 240 Å². The molecule has 0 bridgehead atoms. The Morgan fingerprint density at radius 3 is 0.528 bits per heavy atom. The number of benzene rings is 8. The molecule has 8 aromatic rings. The number of guanidine groups is 2. The van der Waals surface area contributed by atoms with Crippen LogP contribution in [0.25, 0.3) is 0 Å². The maximum Gasteiger partial charge on any atom is 0.336 e. The number of hydrogen-bond donors (Lipinski definition) is 6. The molecule has 0 amide bonds. The highest BCUT2D eigenvalue weighted by Crippen LogP contribution is 2.15. The van der Waals surface area contributed by atoms with E-state index < -0.39 is 20.2 Å². The van der Waals surface area contributed by atoms with Crippen molar-refractivity contribution in [3.8, 4) is 0 Å². The largest absolute Gasteiger partial charge is 0.744 e. The van der Waals surface area contributed by atoms with Crippen molar-refractivity contribution >= 4 is 32.2 Å². The van der Waals surface area contributed by atoms with E-state index in [0.29, 0.717) is 12.8 Å². The first kappa shape index (κ1) is 58.4. The van der Waals surface area contributed by atoms with Crippen LogP contribution in [-0.2, 0) is 71.6 Å². The maximum atomic E-state index is 10.8. The maximum absolute atomic E-state index is 10.8. The average Bonchev–Trinajstić information content (AvgIpc) is 3.38. The Morgan fingerprint density at radius 2 is 0.403 bits per heavy atom. The molecule has 0 aliphatic heterocycles. The minimum Gasteiger partial charge on any atom is -0.744 e. The van der Waals surface area contributed by atoms with Gasteiger partial charge in [-0.25, -0.2) is 16.8 Å². The molecule has 0 unspecified atom stereocenters. The van der Waals surface area contributed by atoms with E-state index in [1.165, 1.54) is 57.6 Å². The average molecular weight is 1010 g/mol. The lowest BCUT2D eigenvalue weighted by Gasteiger charge is -2.09. The van der Waals surface area contributed by atoms with Gasteiger partial charge in [-0.2, -0.15) is 0 Å². The summed E-state index contributed by atoms with van der Waals surface area (Å²) >= 11 is 0. The molecule has 0 fully saturated rings. The highest BCUT2D eigenvalue weighted by atomic mass is 32.2. The van der Waals surface area contributed by atoms with Gasteiger partial charge >= 0.3 is 11.9 Å². The zero-order valence-electron chi connectivity index (χ0n) is 40.3. The van der Waals surface area contributed by atoms with Crippen molar-refractivity contribution in [2.75, 3.05) is 0 Å². The fraction of sp³-hybridized carbons (Fsp3) is 0.138. The molecule has 14 heteroatoms. The molecule has 12 nitrogen and oxygen atoms in total. The van der Waals surface area contributed by atoms with Gasteiger partial charge in [-0.05, 0) is 120 Å². The molecular weight excluding hydrogens is 941 g/mol. The molecule has 8 rings (SSSR count). The second-order valence-electron chi connectivity index (χ2n) is 16.1. The summed E-state index contributed by atoms with van der Waals surface area (Å²) in [5.74, 6) is -0.167. The van der Waals surface area contributed by atoms with Crippen molar-refractivity contribution < 1.29 is 36.8 Å². The molecule has 0 aliphatic rings. The fourth-order valence-corrected chi connectivity index (χ4v) is 7.61. The lowest BCUT2D eigenvalue weighted by Crippen LogP contribution is -2.51. The van der Waals surface area contributed by atoms with Gasteiger partial charge in [0, 0.05) is 0 Å². The smallest absolute Gasteiger partial charge is 0.336 e. The van der Waals surface area contributed by atoms with Crippen LogP contribution in [0.5, 0.6) is 0 Å². The summed E-state index contributed by atoms with van der Waals surface area (Å²) in [6, 6.07) is 75.0. The molecule has 0 radical (unpaired) electrons. The van der Waals surface area contributed by atoms with Gasteiger partial charge in [0.25, 0.3) is 0 Å². The summed E-state index contributed by atoms with van der Waals surface area (Å²) in [5, 5.41) is 9.17. The lowest BCUT2D eigenvalue weighted by molar-refractivity contribution is -0.117. The van der Waals surface area contributed by atoms with E-state index in [2.05, 4.69) is 216 Å². The first-order valence-electron chi connectivity index (χ1n) is 23.1.